The molecule has 2 aromatic heterocycles. The summed E-state index contributed by atoms with van der Waals surface area (Å²) in [4.78, 5) is 10.7. The van der Waals surface area contributed by atoms with Crippen molar-refractivity contribution < 1.29 is 14.2 Å². The molecule has 1 saturated heterocycles. The third-order valence-corrected chi connectivity index (χ3v) is 4.39. The van der Waals surface area contributed by atoms with Crippen LogP contribution in [0.3, 0.4) is 0 Å². The maximum Gasteiger partial charge on any atom is 0.213 e. The van der Waals surface area contributed by atoms with Gasteiger partial charge < -0.3 is 15.6 Å². The lowest BCUT2D eigenvalue weighted by Gasteiger charge is -2.37. The van der Waals surface area contributed by atoms with Crippen LogP contribution in [0.1, 0.15) is 18.0 Å². The number of nitrogens with two attached hydrogens (primary N) is 1. The minimum absolute atomic E-state index is 0.125. The van der Waals surface area contributed by atoms with E-state index in [2.05, 4.69) is 9.97 Å². The van der Waals surface area contributed by atoms with Gasteiger partial charge in [0.25, 0.3) is 0 Å². The van der Waals surface area contributed by atoms with Gasteiger partial charge in [-0.2, -0.15) is 0 Å². The van der Waals surface area contributed by atoms with E-state index in [0.29, 0.717) is 29.9 Å². The number of halogens is 1. The molecule has 2 aromatic rings. The molecule has 0 aliphatic carbocycles. The van der Waals surface area contributed by atoms with Crippen molar-refractivity contribution in [2.24, 2.45) is 5.73 Å². The molecule has 2 unspecified atom stereocenters. The van der Waals surface area contributed by atoms with E-state index in [-0.39, 0.29) is 19.2 Å². The fourth-order valence-electron chi connectivity index (χ4n) is 3.05. The number of nitrogens with zero attached hydrogens (tertiary/aromatic N) is 3. The fourth-order valence-corrected chi connectivity index (χ4v) is 3.05. The zero-order valence-corrected chi connectivity index (χ0v) is 13.0. The van der Waals surface area contributed by atoms with Crippen molar-refractivity contribution in [1.82, 2.24) is 14.9 Å². The van der Waals surface area contributed by atoms with Crippen molar-refractivity contribution in [3.63, 3.8) is 0 Å². The zero-order chi connectivity index (χ0) is 16.4. The molecule has 0 amide bonds. The van der Waals surface area contributed by atoms with Crippen LogP contribution in [0.25, 0.3) is 11.0 Å². The first-order valence-corrected chi connectivity index (χ1v) is 7.68. The molecule has 3 N–H and O–H groups in total. The summed E-state index contributed by atoms with van der Waals surface area (Å²) in [6.45, 7) is 0.723. The van der Waals surface area contributed by atoms with Gasteiger partial charge in [0.1, 0.15) is 6.17 Å². The monoisotopic (exact) mass is 320 g/mol. The van der Waals surface area contributed by atoms with Gasteiger partial charge in [-0.05, 0) is 18.6 Å². The number of alkyl halides is 1. The van der Waals surface area contributed by atoms with Crippen LogP contribution >= 0.6 is 0 Å². The van der Waals surface area contributed by atoms with Crippen LogP contribution in [-0.2, 0) is 0 Å². The summed E-state index contributed by atoms with van der Waals surface area (Å²) in [5.41, 5.74) is 7.94. The van der Waals surface area contributed by atoms with E-state index < -0.39 is 12.2 Å². The van der Waals surface area contributed by atoms with E-state index in [0.717, 1.165) is 5.56 Å². The van der Waals surface area contributed by atoms with Gasteiger partial charge in [0.2, 0.25) is 5.88 Å². The van der Waals surface area contributed by atoms with Gasteiger partial charge in [-0.1, -0.05) is 0 Å². The molecule has 3 heterocycles. The van der Waals surface area contributed by atoms with E-state index in [4.69, 9.17) is 10.5 Å². The third kappa shape index (κ3) is 3.12. The summed E-state index contributed by atoms with van der Waals surface area (Å²) in [6, 6.07) is 4.61. The van der Waals surface area contributed by atoms with Crippen molar-refractivity contribution in [3.8, 4) is 5.88 Å². The lowest BCUT2D eigenvalue weighted by atomic mass is 9.98. The standard InChI is InChI=1S/C16H21FN4O2/c1-23-15-3-2-13-16(20-15)10(4-6-19-13)14(9-22)21-7-5-12(18)11(17)8-21/h2-4,6,11-12,14,22H,5,7-9,18H2,1H3/t11?,12?,14-/m0/s1. The molecular formula is C16H21FN4O2. The van der Waals surface area contributed by atoms with E-state index in [1.54, 1.807) is 19.4 Å². The Morgan fingerprint density at radius 3 is 3.00 bits per heavy atom. The van der Waals surface area contributed by atoms with Crippen LogP contribution in [0.5, 0.6) is 5.88 Å². The lowest BCUT2D eigenvalue weighted by Crippen LogP contribution is -2.50. The second-order valence-electron chi connectivity index (χ2n) is 5.78. The molecule has 3 atom stereocenters. The molecule has 23 heavy (non-hydrogen) atoms. The van der Waals surface area contributed by atoms with Crippen LogP contribution in [-0.4, -0.2) is 59.0 Å². The molecule has 1 aliphatic rings. The SMILES string of the molecule is COc1ccc2nccc([C@H](CO)N3CCC(N)C(F)C3)c2n1. The van der Waals surface area contributed by atoms with Crippen molar-refractivity contribution in [1.29, 1.82) is 0 Å². The number of ether oxygens (including phenoxy) is 1. The highest BCUT2D eigenvalue weighted by Gasteiger charge is 2.32. The smallest absolute Gasteiger partial charge is 0.213 e. The fraction of sp³-hybridized carbons (Fsp3) is 0.500. The van der Waals surface area contributed by atoms with Gasteiger partial charge in [-0.15, -0.1) is 0 Å². The van der Waals surface area contributed by atoms with Gasteiger partial charge >= 0.3 is 0 Å². The highest BCUT2D eigenvalue weighted by Crippen LogP contribution is 2.29. The predicted molar refractivity (Wildman–Crippen MR) is 85.0 cm³/mol. The Morgan fingerprint density at radius 1 is 1.48 bits per heavy atom. The quantitative estimate of drug-likeness (QED) is 0.876. The predicted octanol–water partition coefficient (Wildman–Crippen LogP) is 1.04. The molecule has 0 radical (unpaired) electrons. The van der Waals surface area contributed by atoms with Crippen LogP contribution in [0, 0.1) is 0 Å². The number of methoxy groups -OCH3 is 1. The number of aliphatic hydroxyl groups is 1. The van der Waals surface area contributed by atoms with Crippen LogP contribution < -0.4 is 10.5 Å². The first kappa shape index (κ1) is 16.0. The number of rotatable bonds is 4. The number of hydrogen-bond donors (Lipinski definition) is 2. The Bertz CT molecular complexity index is 684. The average Bonchev–Trinajstić information content (AvgIpc) is 2.58. The largest absolute Gasteiger partial charge is 0.481 e. The van der Waals surface area contributed by atoms with Crippen molar-refractivity contribution >= 4 is 11.0 Å². The first-order valence-electron chi connectivity index (χ1n) is 7.68. The Kier molecular flexibility index (Phi) is 4.70. The molecule has 1 aliphatic heterocycles. The number of pyridine rings is 2. The lowest BCUT2D eigenvalue weighted by molar-refractivity contribution is 0.0557. The zero-order valence-electron chi connectivity index (χ0n) is 13.0. The summed E-state index contributed by atoms with van der Waals surface area (Å²) in [6.07, 6.45) is 1.16. The molecule has 3 rings (SSSR count). The number of fused-ring (bicyclic) bond motifs is 1. The molecule has 1 fully saturated rings. The van der Waals surface area contributed by atoms with Gasteiger partial charge in [0.15, 0.2) is 0 Å². The van der Waals surface area contributed by atoms with E-state index >= 15 is 0 Å². The number of piperidine rings is 1. The molecule has 0 saturated carbocycles. The first-order chi connectivity index (χ1) is 11.1. The average molecular weight is 320 g/mol. The minimum Gasteiger partial charge on any atom is -0.481 e. The highest BCUT2D eigenvalue weighted by atomic mass is 19.1. The summed E-state index contributed by atoms with van der Waals surface area (Å²) in [5, 5.41) is 9.90. The van der Waals surface area contributed by atoms with Crippen LogP contribution in [0.2, 0.25) is 0 Å². The topological polar surface area (TPSA) is 84.5 Å². The summed E-state index contributed by atoms with van der Waals surface area (Å²) in [7, 11) is 1.55. The maximum atomic E-state index is 14.0. The van der Waals surface area contributed by atoms with Gasteiger partial charge in [-0.25, -0.2) is 9.37 Å². The number of likely N-dealkylation sites (tertiary alicyclic amines) is 1. The Hall–Kier alpha value is -1.83. The Balaban J connectivity index is 1.99. The molecular weight excluding hydrogens is 299 g/mol. The summed E-state index contributed by atoms with van der Waals surface area (Å²) >= 11 is 0. The number of hydrogen-bond acceptors (Lipinski definition) is 6. The molecule has 0 spiro atoms. The number of aromatic nitrogens is 2. The summed E-state index contributed by atoms with van der Waals surface area (Å²) < 4.78 is 19.2. The third-order valence-electron chi connectivity index (χ3n) is 4.39. The van der Waals surface area contributed by atoms with E-state index in [9.17, 15) is 9.50 Å². The van der Waals surface area contributed by atoms with Gasteiger partial charge in [0, 0.05) is 37.0 Å². The number of aliphatic hydroxyl groups excluding tert-OH is 1. The van der Waals surface area contributed by atoms with Crippen LogP contribution in [0.15, 0.2) is 24.4 Å². The molecule has 7 heteroatoms. The second kappa shape index (κ2) is 6.74. The van der Waals surface area contributed by atoms with Gasteiger partial charge in [0.05, 0.1) is 30.8 Å². The van der Waals surface area contributed by atoms with E-state index in [1.807, 2.05) is 17.0 Å². The second-order valence-corrected chi connectivity index (χ2v) is 5.78. The Labute approximate surface area is 134 Å². The maximum absolute atomic E-state index is 14.0. The molecule has 0 bridgehead atoms. The van der Waals surface area contributed by atoms with E-state index in [1.165, 1.54) is 0 Å². The van der Waals surface area contributed by atoms with Crippen LogP contribution in [0.4, 0.5) is 4.39 Å². The summed E-state index contributed by atoms with van der Waals surface area (Å²) in [5.74, 6) is 0.479. The van der Waals surface area contributed by atoms with Gasteiger partial charge in [-0.3, -0.25) is 9.88 Å². The van der Waals surface area contributed by atoms with Crippen molar-refractivity contribution in [3.05, 3.63) is 30.0 Å². The minimum atomic E-state index is -1.09. The normalized spacial score (nSPS) is 23.8. The van der Waals surface area contributed by atoms with Crippen molar-refractivity contribution in [2.75, 3.05) is 26.8 Å². The molecule has 124 valence electrons. The molecule has 0 aromatic carbocycles. The molecule has 6 nitrogen and oxygen atoms in total. The van der Waals surface area contributed by atoms with Crippen molar-refractivity contribution in [2.45, 2.75) is 24.7 Å². The highest BCUT2D eigenvalue weighted by molar-refractivity contribution is 5.78. The Morgan fingerprint density at radius 2 is 2.30 bits per heavy atom.